The molecule has 6 nitrogen and oxygen atoms in total. The number of aryl methyl sites for hydroxylation is 1. The number of Topliss-reactive ketones (excluding diaryl/α,β-unsaturated/α-hetero) is 1. The topological polar surface area (TPSA) is 60.4 Å². The van der Waals surface area contributed by atoms with Gasteiger partial charge in [-0.25, -0.2) is 9.98 Å². The maximum absolute atomic E-state index is 11.8. The molecule has 1 aromatic carbocycles. The van der Waals surface area contributed by atoms with E-state index in [4.69, 9.17) is 9.72 Å². The molecule has 1 atom stereocenters. The summed E-state index contributed by atoms with van der Waals surface area (Å²) in [4.78, 5) is 21.2. The van der Waals surface area contributed by atoms with Gasteiger partial charge in [0.15, 0.2) is 5.78 Å². The van der Waals surface area contributed by atoms with Gasteiger partial charge in [0, 0.05) is 27.2 Å². The number of benzene rings is 1. The van der Waals surface area contributed by atoms with Crippen molar-refractivity contribution >= 4 is 31.2 Å². The van der Waals surface area contributed by atoms with Crippen LogP contribution in [0.2, 0.25) is 25.7 Å². The van der Waals surface area contributed by atoms with E-state index in [0.717, 1.165) is 52.8 Å². The number of ether oxygens (including phenoxy) is 1. The van der Waals surface area contributed by atoms with E-state index in [2.05, 4.69) is 47.6 Å². The third-order valence-corrected chi connectivity index (χ3v) is 7.78. The van der Waals surface area contributed by atoms with Crippen molar-refractivity contribution < 1.29 is 14.1 Å². The quantitative estimate of drug-likeness (QED) is 0.210. The number of carbonyl (C=O) groups is 1. The van der Waals surface area contributed by atoms with E-state index in [1.165, 1.54) is 5.56 Å². The molecule has 4 rings (SSSR count). The van der Waals surface area contributed by atoms with Crippen LogP contribution in [0.15, 0.2) is 35.5 Å². The molecule has 0 radical (unpaired) electrons. The summed E-state index contributed by atoms with van der Waals surface area (Å²) in [7, 11) is -1.17. The van der Waals surface area contributed by atoms with Crippen molar-refractivity contribution in [2.24, 2.45) is 4.99 Å². The van der Waals surface area contributed by atoms with Crippen LogP contribution >= 0.6 is 0 Å². The lowest BCUT2D eigenvalue weighted by Gasteiger charge is -2.17. The van der Waals surface area contributed by atoms with E-state index in [9.17, 15) is 4.79 Å². The highest BCUT2D eigenvalue weighted by atomic mass is 28.3. The summed E-state index contributed by atoms with van der Waals surface area (Å²) in [5.74, 6) is 0.0727. The van der Waals surface area contributed by atoms with Crippen molar-refractivity contribution in [3.05, 3.63) is 47.3 Å². The van der Waals surface area contributed by atoms with E-state index >= 15 is 0 Å². The molecule has 32 heavy (non-hydrogen) atoms. The van der Waals surface area contributed by atoms with E-state index in [-0.39, 0.29) is 11.9 Å². The Bertz CT molecular complexity index is 1190. The van der Waals surface area contributed by atoms with Crippen LogP contribution in [0.4, 0.5) is 0 Å². The summed E-state index contributed by atoms with van der Waals surface area (Å²) in [5.41, 5.74) is 7.19. The highest BCUT2D eigenvalue weighted by Crippen LogP contribution is 2.33. The van der Waals surface area contributed by atoms with Gasteiger partial charge in [-0.1, -0.05) is 50.8 Å². The van der Waals surface area contributed by atoms with Gasteiger partial charge in [0.25, 0.3) is 5.52 Å². The molecule has 7 heteroatoms. The maximum Gasteiger partial charge on any atom is 0.256 e. The monoisotopic (exact) mass is 449 g/mol. The van der Waals surface area contributed by atoms with Crippen molar-refractivity contribution in [2.75, 3.05) is 6.61 Å². The van der Waals surface area contributed by atoms with Gasteiger partial charge >= 0.3 is 0 Å². The largest absolute Gasteiger partial charge is 0.361 e. The normalized spacial score (nSPS) is 15.5. The number of ketones is 1. The predicted octanol–water partition coefficient (Wildman–Crippen LogP) is 5.02. The van der Waals surface area contributed by atoms with Gasteiger partial charge in [-0.3, -0.25) is 9.36 Å². The third-order valence-electron chi connectivity index (χ3n) is 6.08. The number of rotatable bonds is 8. The molecule has 0 aliphatic carbocycles. The summed E-state index contributed by atoms with van der Waals surface area (Å²) in [6.45, 7) is 14.2. The van der Waals surface area contributed by atoms with Crippen LogP contribution in [0.25, 0.3) is 22.4 Å². The first kappa shape index (κ1) is 22.5. The Morgan fingerprint density at radius 3 is 2.56 bits per heavy atom. The average Bonchev–Trinajstić information content (AvgIpc) is 3.28. The average molecular weight is 450 g/mol. The maximum atomic E-state index is 11.8. The Morgan fingerprint density at radius 1 is 1.22 bits per heavy atom. The molecule has 0 saturated heterocycles. The Hall–Kier alpha value is -2.64. The smallest absolute Gasteiger partial charge is 0.256 e. The first-order valence-electron chi connectivity index (χ1n) is 11.4. The van der Waals surface area contributed by atoms with Crippen molar-refractivity contribution in [2.45, 2.75) is 65.8 Å². The molecule has 2 aromatic heterocycles. The number of aliphatic imine (C=N–C) groups is 1. The van der Waals surface area contributed by atoms with Crippen LogP contribution in [0, 0.1) is 0 Å². The molecule has 0 spiro atoms. The fourth-order valence-corrected chi connectivity index (χ4v) is 5.04. The Morgan fingerprint density at radius 2 is 1.94 bits per heavy atom. The van der Waals surface area contributed by atoms with Gasteiger partial charge in [0.1, 0.15) is 19.1 Å². The van der Waals surface area contributed by atoms with Gasteiger partial charge in [-0.2, -0.15) is 4.57 Å². The van der Waals surface area contributed by atoms with Crippen LogP contribution < -0.4 is 4.57 Å². The van der Waals surface area contributed by atoms with Crippen LogP contribution in [0.5, 0.6) is 0 Å². The van der Waals surface area contributed by atoms with Crippen LogP contribution in [0.3, 0.4) is 0 Å². The van der Waals surface area contributed by atoms with Gasteiger partial charge < -0.3 is 4.74 Å². The van der Waals surface area contributed by atoms with Crippen molar-refractivity contribution in [3.8, 4) is 11.3 Å². The minimum atomic E-state index is -1.17. The van der Waals surface area contributed by atoms with Crippen molar-refractivity contribution in [1.29, 1.82) is 0 Å². The fraction of sp³-hybridized carbons (Fsp3) is 0.440. The van der Waals surface area contributed by atoms with Crippen LogP contribution in [-0.2, 0) is 17.9 Å². The van der Waals surface area contributed by atoms with Gasteiger partial charge in [-0.15, -0.1) is 0 Å². The molecule has 1 aliphatic rings. The highest BCUT2D eigenvalue weighted by molar-refractivity contribution is 6.76. The second-order valence-corrected chi connectivity index (χ2v) is 15.3. The van der Waals surface area contributed by atoms with Gasteiger partial charge in [-0.05, 0) is 25.0 Å². The highest BCUT2D eigenvalue weighted by Gasteiger charge is 2.33. The molecular formula is C25H33N4O2Si+. The molecule has 3 heterocycles. The lowest BCUT2D eigenvalue weighted by atomic mass is 10.0. The van der Waals surface area contributed by atoms with Crippen molar-refractivity contribution in [3.63, 3.8) is 0 Å². The van der Waals surface area contributed by atoms with E-state index in [1.54, 1.807) is 6.92 Å². The molecule has 0 amide bonds. The number of hydrogen-bond acceptors (Lipinski definition) is 4. The third kappa shape index (κ3) is 4.19. The van der Waals surface area contributed by atoms with Gasteiger partial charge in [0.05, 0.1) is 11.3 Å². The number of carbonyl (C=O) groups excluding carboxylic acids is 1. The zero-order valence-corrected chi connectivity index (χ0v) is 21.0. The molecule has 0 N–H and O–H groups in total. The number of hydrogen-bond donors (Lipinski definition) is 0. The first-order chi connectivity index (χ1) is 15.2. The Labute approximate surface area is 191 Å². The number of nitrogens with zero attached hydrogens (tertiary/aromatic N) is 4. The summed E-state index contributed by atoms with van der Waals surface area (Å²) in [6, 6.07) is 9.00. The number of aromatic nitrogens is 3. The molecule has 1 aliphatic heterocycles. The molecule has 0 fully saturated rings. The van der Waals surface area contributed by atoms with E-state index in [1.807, 2.05) is 36.7 Å². The molecular weight excluding hydrogens is 416 g/mol. The van der Waals surface area contributed by atoms with Crippen molar-refractivity contribution in [1.82, 2.24) is 9.55 Å². The molecule has 0 saturated carbocycles. The lowest BCUT2D eigenvalue weighted by molar-refractivity contribution is -0.689. The minimum Gasteiger partial charge on any atom is -0.361 e. The fourth-order valence-electron chi connectivity index (χ4n) is 4.28. The first-order valence-corrected chi connectivity index (χ1v) is 15.1. The molecule has 0 bridgehead atoms. The lowest BCUT2D eigenvalue weighted by Crippen LogP contribution is -2.39. The van der Waals surface area contributed by atoms with Gasteiger partial charge in [0.2, 0.25) is 17.5 Å². The Balaban J connectivity index is 1.86. The standard InChI is InChI=1S/C25H33N4O2Si/c1-7-22-23(20-10-8-19(9-11-20)17(2)30)28(16-31-12-13-32(4,5)6)25-24(22)29-18(3)26-14-21(29)15-27-25/h8-11,14-15,18H,7,12-13,16H2,1-6H3/q+1. The summed E-state index contributed by atoms with van der Waals surface area (Å²) in [6.07, 6.45) is 4.70. The predicted molar refractivity (Wildman–Crippen MR) is 131 cm³/mol. The summed E-state index contributed by atoms with van der Waals surface area (Å²) >= 11 is 0. The summed E-state index contributed by atoms with van der Waals surface area (Å²) in [5, 5.41) is 0. The van der Waals surface area contributed by atoms with Crippen LogP contribution in [-0.4, -0.2) is 36.2 Å². The molecule has 168 valence electrons. The zero-order valence-electron chi connectivity index (χ0n) is 20.0. The Kier molecular flexibility index (Phi) is 6.14. The SMILES string of the molecule is CCc1c(-c2ccc(C(C)=O)cc2)n(COCC[Si](C)(C)C)c2ncc3[n+](c12)C(C)N=C3. The van der Waals surface area contributed by atoms with Crippen LogP contribution in [0.1, 0.15) is 48.6 Å². The molecule has 3 aromatic rings. The second-order valence-electron chi connectivity index (χ2n) is 9.73. The summed E-state index contributed by atoms with van der Waals surface area (Å²) < 4.78 is 10.7. The van der Waals surface area contributed by atoms with E-state index in [0.29, 0.717) is 6.73 Å². The minimum absolute atomic E-state index is 0.0393. The van der Waals surface area contributed by atoms with E-state index < -0.39 is 8.07 Å². The zero-order chi connectivity index (χ0) is 23.0. The molecule has 1 unspecified atom stereocenters. The number of fused-ring (bicyclic) bond motifs is 3. The second kappa shape index (κ2) is 8.71.